The number of nitrogens with zero attached hydrogens (tertiary/aromatic N) is 3. The van der Waals surface area contributed by atoms with E-state index in [4.69, 9.17) is 0 Å². The number of aromatic nitrogens is 2. The summed E-state index contributed by atoms with van der Waals surface area (Å²) in [7, 11) is 2.85. The van der Waals surface area contributed by atoms with Gasteiger partial charge < -0.3 is 10.6 Å². The van der Waals surface area contributed by atoms with Crippen molar-refractivity contribution in [3.05, 3.63) is 52.9 Å². The van der Waals surface area contributed by atoms with Crippen LogP contribution in [0.15, 0.2) is 29.4 Å². The Morgan fingerprint density at radius 1 is 1.27 bits per heavy atom. The Balaban J connectivity index is 2.05. The third-order valence-electron chi connectivity index (χ3n) is 3.64. The van der Waals surface area contributed by atoms with Gasteiger partial charge in [-0.25, -0.2) is 8.78 Å². The van der Waals surface area contributed by atoms with Crippen LogP contribution < -0.4 is 10.6 Å². The lowest BCUT2D eigenvalue weighted by Gasteiger charge is -2.18. The first-order valence-corrected chi connectivity index (χ1v) is 7.63. The van der Waals surface area contributed by atoms with Gasteiger partial charge in [0.2, 0.25) is 0 Å². The van der Waals surface area contributed by atoms with Crippen molar-refractivity contribution in [1.29, 1.82) is 0 Å². The second-order valence-electron chi connectivity index (χ2n) is 5.64. The van der Waals surface area contributed by atoms with Crippen molar-refractivity contribution in [3.63, 3.8) is 0 Å². The maximum atomic E-state index is 13.3. The summed E-state index contributed by atoms with van der Waals surface area (Å²) in [6, 6.07) is 3.01. The molecule has 2 N–H and O–H groups in total. The molecular weight excluding hydrogens is 357 g/mol. The number of rotatable bonds is 4. The first kappa shape index (κ1) is 19.7. The van der Waals surface area contributed by atoms with E-state index in [9.17, 15) is 22.0 Å². The van der Waals surface area contributed by atoms with Crippen molar-refractivity contribution in [1.82, 2.24) is 20.4 Å². The molecule has 142 valence electrons. The van der Waals surface area contributed by atoms with Crippen LogP contribution >= 0.6 is 0 Å². The maximum Gasteiger partial charge on any atom is 0.435 e. The molecule has 1 heterocycles. The lowest BCUT2D eigenvalue weighted by molar-refractivity contribution is -0.142. The first-order chi connectivity index (χ1) is 12.1. The lowest BCUT2D eigenvalue weighted by atomic mass is 10.1. The fraction of sp³-hybridized carbons (Fsp3) is 0.375. The lowest BCUT2D eigenvalue weighted by Crippen LogP contribution is -2.38. The van der Waals surface area contributed by atoms with E-state index < -0.39 is 29.5 Å². The minimum Gasteiger partial charge on any atom is -0.352 e. The number of aliphatic imine (C=N–C) groups is 1. The third kappa shape index (κ3) is 4.70. The molecule has 0 saturated heterocycles. The van der Waals surface area contributed by atoms with Gasteiger partial charge in [0, 0.05) is 32.4 Å². The molecule has 2 aromatic rings. The van der Waals surface area contributed by atoms with Crippen molar-refractivity contribution in [2.75, 3.05) is 7.05 Å². The fourth-order valence-electron chi connectivity index (χ4n) is 2.35. The van der Waals surface area contributed by atoms with Crippen molar-refractivity contribution in [3.8, 4) is 0 Å². The summed E-state index contributed by atoms with van der Waals surface area (Å²) >= 11 is 0. The molecule has 0 saturated carbocycles. The summed E-state index contributed by atoms with van der Waals surface area (Å²) in [5, 5.41) is 9.09. The van der Waals surface area contributed by atoms with Crippen molar-refractivity contribution < 1.29 is 22.0 Å². The minimum absolute atomic E-state index is 0.0385. The topological polar surface area (TPSA) is 54.2 Å². The monoisotopic (exact) mass is 375 g/mol. The van der Waals surface area contributed by atoms with Crippen LogP contribution in [0.3, 0.4) is 0 Å². The van der Waals surface area contributed by atoms with E-state index in [0.29, 0.717) is 5.56 Å². The van der Waals surface area contributed by atoms with Gasteiger partial charge in [0.15, 0.2) is 23.3 Å². The SMILES string of the molecule is CN=C(NCc1cn(C)nc1C(F)(F)F)NC(C)c1ccc(F)c(F)c1. The largest absolute Gasteiger partial charge is 0.435 e. The summed E-state index contributed by atoms with van der Waals surface area (Å²) in [4.78, 5) is 3.93. The van der Waals surface area contributed by atoms with Gasteiger partial charge in [0.05, 0.1) is 6.04 Å². The van der Waals surface area contributed by atoms with Gasteiger partial charge in [-0.3, -0.25) is 9.67 Å². The molecule has 0 amide bonds. The molecule has 26 heavy (non-hydrogen) atoms. The third-order valence-corrected chi connectivity index (χ3v) is 3.64. The molecular formula is C16H18F5N5. The van der Waals surface area contributed by atoms with E-state index in [2.05, 4.69) is 20.7 Å². The predicted molar refractivity (Wildman–Crippen MR) is 86.3 cm³/mol. The van der Waals surface area contributed by atoms with Gasteiger partial charge in [0.1, 0.15) is 0 Å². The normalized spacial score (nSPS) is 13.6. The van der Waals surface area contributed by atoms with Crippen molar-refractivity contribution in [2.24, 2.45) is 12.0 Å². The van der Waals surface area contributed by atoms with E-state index in [1.165, 1.54) is 26.4 Å². The zero-order valence-electron chi connectivity index (χ0n) is 14.3. The Bertz CT molecular complexity index is 797. The predicted octanol–water partition coefficient (Wildman–Crippen LogP) is 3.14. The van der Waals surface area contributed by atoms with Crippen LogP contribution in [0.25, 0.3) is 0 Å². The quantitative estimate of drug-likeness (QED) is 0.490. The second kappa shape index (κ2) is 7.71. The van der Waals surface area contributed by atoms with Gasteiger partial charge >= 0.3 is 6.18 Å². The summed E-state index contributed by atoms with van der Waals surface area (Å²) in [5.41, 5.74) is -0.552. The number of hydrogen-bond acceptors (Lipinski definition) is 2. The molecule has 10 heteroatoms. The molecule has 0 fully saturated rings. The molecule has 5 nitrogen and oxygen atoms in total. The highest BCUT2D eigenvalue weighted by Crippen LogP contribution is 2.30. The molecule has 0 spiro atoms. The average molecular weight is 375 g/mol. The highest BCUT2D eigenvalue weighted by atomic mass is 19.4. The Morgan fingerprint density at radius 2 is 1.96 bits per heavy atom. The number of alkyl halides is 3. The van der Waals surface area contributed by atoms with E-state index in [1.807, 2.05) is 0 Å². The van der Waals surface area contributed by atoms with Gasteiger partial charge in [-0.15, -0.1) is 0 Å². The highest BCUT2D eigenvalue weighted by Gasteiger charge is 2.36. The van der Waals surface area contributed by atoms with Crippen LogP contribution in [0, 0.1) is 11.6 Å². The minimum atomic E-state index is -4.56. The molecule has 0 aliphatic heterocycles. The molecule has 0 bridgehead atoms. The van der Waals surface area contributed by atoms with Crippen molar-refractivity contribution >= 4 is 5.96 Å². The van der Waals surface area contributed by atoms with Gasteiger partial charge in [0.25, 0.3) is 0 Å². The van der Waals surface area contributed by atoms with E-state index in [1.54, 1.807) is 6.92 Å². The molecule has 1 unspecified atom stereocenters. The van der Waals surface area contributed by atoms with Crippen LogP contribution in [0.4, 0.5) is 22.0 Å². The Kier molecular flexibility index (Phi) is 5.83. The van der Waals surface area contributed by atoms with Gasteiger partial charge in [-0.2, -0.15) is 18.3 Å². The fourth-order valence-corrected chi connectivity index (χ4v) is 2.35. The van der Waals surface area contributed by atoms with Crippen LogP contribution in [-0.4, -0.2) is 22.8 Å². The maximum absolute atomic E-state index is 13.3. The number of hydrogen-bond donors (Lipinski definition) is 2. The van der Waals surface area contributed by atoms with Gasteiger partial charge in [-0.05, 0) is 24.6 Å². The van der Waals surface area contributed by atoms with Crippen LogP contribution in [0.5, 0.6) is 0 Å². The number of guanidine groups is 1. The first-order valence-electron chi connectivity index (χ1n) is 7.63. The Labute approximate surface area is 146 Å². The molecule has 2 rings (SSSR count). The zero-order valence-corrected chi connectivity index (χ0v) is 14.3. The van der Waals surface area contributed by atoms with E-state index in [-0.39, 0.29) is 18.1 Å². The summed E-state index contributed by atoms with van der Waals surface area (Å²) in [6.45, 7) is 1.53. The van der Waals surface area contributed by atoms with Crippen LogP contribution in [0.1, 0.15) is 29.8 Å². The molecule has 0 aliphatic rings. The van der Waals surface area contributed by atoms with E-state index >= 15 is 0 Å². The Morgan fingerprint density at radius 3 is 2.54 bits per heavy atom. The molecule has 1 aromatic carbocycles. The number of aryl methyl sites for hydroxylation is 1. The number of halogens is 5. The van der Waals surface area contributed by atoms with Crippen molar-refractivity contribution in [2.45, 2.75) is 25.7 Å². The number of benzene rings is 1. The van der Waals surface area contributed by atoms with E-state index in [0.717, 1.165) is 16.8 Å². The van der Waals surface area contributed by atoms with Crippen LogP contribution in [-0.2, 0) is 19.8 Å². The zero-order chi connectivity index (χ0) is 19.5. The standard InChI is InChI=1S/C16H18F5N5/c1-9(10-4-5-12(17)13(18)6-10)24-15(22-2)23-7-11-8-26(3)25-14(11)16(19,20)21/h4-6,8-9H,7H2,1-3H3,(H2,22,23,24). The number of nitrogens with one attached hydrogen (secondary N) is 2. The molecule has 1 atom stereocenters. The summed E-state index contributed by atoms with van der Waals surface area (Å²) < 4.78 is 66.3. The molecule has 0 radical (unpaired) electrons. The van der Waals surface area contributed by atoms with Crippen LogP contribution in [0.2, 0.25) is 0 Å². The molecule has 1 aromatic heterocycles. The summed E-state index contributed by atoms with van der Waals surface area (Å²) in [6.07, 6.45) is -3.30. The average Bonchev–Trinajstić information content (AvgIpc) is 2.95. The molecule has 0 aliphatic carbocycles. The highest BCUT2D eigenvalue weighted by molar-refractivity contribution is 5.80. The Hall–Kier alpha value is -2.65. The second-order valence-corrected chi connectivity index (χ2v) is 5.64. The smallest absolute Gasteiger partial charge is 0.352 e. The summed E-state index contributed by atoms with van der Waals surface area (Å²) in [5.74, 6) is -1.73. The van der Waals surface area contributed by atoms with Gasteiger partial charge in [-0.1, -0.05) is 6.07 Å².